The molecule has 0 atom stereocenters. The van der Waals surface area contributed by atoms with Gasteiger partial charge in [-0.1, -0.05) is 0 Å². The Kier molecular flexibility index (Phi) is 6.73. The van der Waals surface area contributed by atoms with Crippen LogP contribution in [0, 0.1) is 5.82 Å². The average molecular weight is 351 g/mol. The van der Waals surface area contributed by atoms with Crippen LogP contribution in [-0.2, 0) is 19.1 Å². The molecular formula is C17H22FN3O4. The lowest BCUT2D eigenvalue weighted by molar-refractivity contribution is -0.146. The molecule has 1 aliphatic rings. The first-order valence-corrected chi connectivity index (χ1v) is 8.29. The third-order valence-electron chi connectivity index (χ3n) is 3.59. The van der Waals surface area contributed by atoms with Crippen molar-refractivity contribution in [1.82, 2.24) is 4.98 Å². The molecule has 1 aromatic rings. The molecule has 0 saturated carbocycles. The van der Waals surface area contributed by atoms with Crippen molar-refractivity contribution >= 4 is 23.6 Å². The Morgan fingerprint density at radius 1 is 1.20 bits per heavy atom. The molecule has 25 heavy (non-hydrogen) atoms. The van der Waals surface area contributed by atoms with E-state index in [-0.39, 0.29) is 24.6 Å². The first-order chi connectivity index (χ1) is 12.1. The minimum atomic E-state index is -0.796. The summed E-state index contributed by atoms with van der Waals surface area (Å²) < 4.78 is 23.7. The van der Waals surface area contributed by atoms with E-state index in [1.807, 2.05) is 4.90 Å². The molecule has 0 bridgehead atoms. The lowest BCUT2D eigenvalue weighted by Gasteiger charge is -2.17. The van der Waals surface area contributed by atoms with Crippen molar-refractivity contribution in [2.45, 2.75) is 26.7 Å². The van der Waals surface area contributed by atoms with E-state index >= 15 is 0 Å². The van der Waals surface area contributed by atoms with Crippen molar-refractivity contribution in [3.8, 4) is 0 Å². The van der Waals surface area contributed by atoms with Crippen LogP contribution in [0.4, 0.5) is 16.0 Å². The third-order valence-corrected chi connectivity index (χ3v) is 3.59. The van der Waals surface area contributed by atoms with Gasteiger partial charge in [-0.05, 0) is 38.8 Å². The quantitative estimate of drug-likeness (QED) is 0.349. The number of ether oxygens (including phenoxy) is 2. The van der Waals surface area contributed by atoms with Crippen LogP contribution in [0.5, 0.6) is 0 Å². The minimum absolute atomic E-state index is 0.128. The Morgan fingerprint density at radius 3 is 2.36 bits per heavy atom. The van der Waals surface area contributed by atoms with E-state index in [0.717, 1.165) is 25.9 Å². The number of hydrogen-bond acceptors (Lipinski definition) is 7. The summed E-state index contributed by atoms with van der Waals surface area (Å²) in [7, 11) is 0. The number of halogens is 1. The lowest BCUT2D eigenvalue weighted by Crippen LogP contribution is -2.21. The van der Waals surface area contributed by atoms with Gasteiger partial charge >= 0.3 is 11.9 Å². The van der Waals surface area contributed by atoms with Gasteiger partial charge in [0.05, 0.1) is 13.2 Å². The number of hydrogen-bond donors (Lipinski definition) is 1. The minimum Gasteiger partial charge on any atom is -0.462 e. The highest BCUT2D eigenvalue weighted by Crippen LogP contribution is 2.23. The zero-order valence-electron chi connectivity index (χ0n) is 14.4. The number of nitrogens with zero attached hydrogens (tertiary/aromatic N) is 2. The molecular weight excluding hydrogens is 329 g/mol. The van der Waals surface area contributed by atoms with E-state index in [1.165, 1.54) is 18.3 Å². The molecule has 1 N–H and O–H groups in total. The molecule has 2 heterocycles. The third kappa shape index (κ3) is 4.91. The average Bonchev–Trinajstić information content (AvgIpc) is 3.11. The molecule has 0 spiro atoms. The molecule has 1 aromatic heterocycles. The van der Waals surface area contributed by atoms with Gasteiger partial charge in [0.2, 0.25) is 0 Å². The normalized spacial score (nSPS) is 13.3. The van der Waals surface area contributed by atoms with E-state index in [0.29, 0.717) is 5.82 Å². The molecule has 2 rings (SSSR count). The zero-order chi connectivity index (χ0) is 18.2. The summed E-state index contributed by atoms with van der Waals surface area (Å²) in [5.41, 5.74) is -0.280. The predicted molar refractivity (Wildman–Crippen MR) is 90.6 cm³/mol. The summed E-state index contributed by atoms with van der Waals surface area (Å²) in [6.07, 6.45) is 3.16. The van der Waals surface area contributed by atoms with Crippen molar-refractivity contribution < 1.29 is 23.5 Å². The first kappa shape index (κ1) is 18.7. The topological polar surface area (TPSA) is 80.8 Å². The number of nitrogens with one attached hydrogen (secondary N) is 1. The molecule has 1 fully saturated rings. The van der Waals surface area contributed by atoms with Gasteiger partial charge in [-0.3, -0.25) is 0 Å². The predicted octanol–water partition coefficient (Wildman–Crippen LogP) is 2.24. The molecule has 1 saturated heterocycles. The summed E-state index contributed by atoms with van der Waals surface area (Å²) in [6, 6.07) is 2.73. The fourth-order valence-corrected chi connectivity index (χ4v) is 2.43. The monoisotopic (exact) mass is 351 g/mol. The van der Waals surface area contributed by atoms with E-state index < -0.39 is 17.8 Å². The van der Waals surface area contributed by atoms with Crippen molar-refractivity contribution in [3.63, 3.8) is 0 Å². The van der Waals surface area contributed by atoms with Crippen LogP contribution in [0.25, 0.3) is 0 Å². The Morgan fingerprint density at radius 2 is 1.80 bits per heavy atom. The first-order valence-electron chi connectivity index (χ1n) is 8.29. The summed E-state index contributed by atoms with van der Waals surface area (Å²) in [4.78, 5) is 29.9. The number of carbonyl (C=O) groups is 2. The number of esters is 2. The summed E-state index contributed by atoms with van der Waals surface area (Å²) >= 11 is 0. The van der Waals surface area contributed by atoms with Crippen LogP contribution in [0.2, 0.25) is 0 Å². The zero-order valence-corrected chi connectivity index (χ0v) is 14.4. The van der Waals surface area contributed by atoms with Crippen molar-refractivity contribution in [2.24, 2.45) is 0 Å². The molecule has 1 aliphatic heterocycles. The molecule has 7 nitrogen and oxygen atoms in total. The molecule has 0 amide bonds. The van der Waals surface area contributed by atoms with Crippen LogP contribution >= 0.6 is 0 Å². The molecule has 0 radical (unpaired) electrons. The standard InChI is InChI=1S/C17H22FN3O4/c1-3-24-16(22)12(17(23)25-4-2)11-19-14-8-7-13(18)15(20-14)21-9-5-6-10-21/h7-8,11H,3-6,9-10H2,1-2H3,(H,19,20). The number of aromatic nitrogens is 1. The number of carbonyl (C=O) groups excluding carboxylic acids is 2. The van der Waals surface area contributed by atoms with Crippen LogP contribution in [0.3, 0.4) is 0 Å². The maximum atomic E-state index is 14.0. The lowest BCUT2D eigenvalue weighted by atomic mass is 10.3. The number of anilines is 2. The van der Waals surface area contributed by atoms with Gasteiger partial charge in [0.25, 0.3) is 0 Å². The van der Waals surface area contributed by atoms with Gasteiger partial charge in [0.15, 0.2) is 17.2 Å². The van der Waals surface area contributed by atoms with E-state index in [2.05, 4.69) is 10.3 Å². The van der Waals surface area contributed by atoms with Crippen molar-refractivity contribution in [1.29, 1.82) is 0 Å². The number of rotatable bonds is 7. The second-order valence-electron chi connectivity index (χ2n) is 5.34. The smallest absolute Gasteiger partial charge is 0.347 e. The fourth-order valence-electron chi connectivity index (χ4n) is 2.43. The highest BCUT2D eigenvalue weighted by atomic mass is 19.1. The van der Waals surface area contributed by atoms with Crippen molar-refractivity contribution in [2.75, 3.05) is 36.5 Å². The summed E-state index contributed by atoms with van der Waals surface area (Å²) in [5.74, 6) is -1.43. The van der Waals surface area contributed by atoms with Crippen LogP contribution in [0.15, 0.2) is 23.9 Å². The van der Waals surface area contributed by atoms with Crippen LogP contribution < -0.4 is 10.2 Å². The maximum absolute atomic E-state index is 14.0. The van der Waals surface area contributed by atoms with Gasteiger partial charge in [-0.15, -0.1) is 0 Å². The molecule has 0 aromatic carbocycles. The van der Waals surface area contributed by atoms with Crippen LogP contribution in [0.1, 0.15) is 26.7 Å². The van der Waals surface area contributed by atoms with Crippen LogP contribution in [-0.4, -0.2) is 43.2 Å². The summed E-state index contributed by atoms with van der Waals surface area (Å²) in [6.45, 7) is 5.03. The van der Waals surface area contributed by atoms with Gasteiger partial charge in [-0.2, -0.15) is 0 Å². The second kappa shape index (κ2) is 9.00. The molecule has 0 unspecified atom stereocenters. The van der Waals surface area contributed by atoms with E-state index in [9.17, 15) is 14.0 Å². The second-order valence-corrected chi connectivity index (χ2v) is 5.34. The highest BCUT2D eigenvalue weighted by Gasteiger charge is 2.22. The molecule has 0 aliphatic carbocycles. The van der Waals surface area contributed by atoms with E-state index in [4.69, 9.17) is 9.47 Å². The molecule has 8 heteroatoms. The number of pyridine rings is 1. The van der Waals surface area contributed by atoms with Gasteiger partial charge in [-0.25, -0.2) is 19.0 Å². The summed E-state index contributed by atoms with van der Waals surface area (Å²) in [5, 5.41) is 2.75. The van der Waals surface area contributed by atoms with E-state index in [1.54, 1.807) is 13.8 Å². The van der Waals surface area contributed by atoms with Gasteiger partial charge in [0, 0.05) is 19.3 Å². The Labute approximate surface area is 145 Å². The Balaban J connectivity index is 2.19. The van der Waals surface area contributed by atoms with Crippen molar-refractivity contribution in [3.05, 3.63) is 29.7 Å². The maximum Gasteiger partial charge on any atom is 0.347 e. The fraction of sp³-hybridized carbons (Fsp3) is 0.471. The molecule has 136 valence electrons. The SMILES string of the molecule is CCOC(=O)C(=CNc1ccc(F)c(N2CCCC2)n1)C(=O)OCC. The van der Waals surface area contributed by atoms with Gasteiger partial charge < -0.3 is 19.7 Å². The van der Waals surface area contributed by atoms with Gasteiger partial charge in [0.1, 0.15) is 5.82 Å². The Hall–Kier alpha value is -2.64. The largest absolute Gasteiger partial charge is 0.462 e. The highest BCUT2D eigenvalue weighted by molar-refractivity contribution is 6.14. The Bertz CT molecular complexity index is 637.